The van der Waals surface area contributed by atoms with Crippen LogP contribution in [0.5, 0.6) is 0 Å². The molecule has 76 valence electrons. The first-order chi connectivity index (χ1) is 6.79. The van der Waals surface area contributed by atoms with E-state index >= 15 is 0 Å². The van der Waals surface area contributed by atoms with E-state index in [0.717, 1.165) is 17.9 Å². The van der Waals surface area contributed by atoms with Gasteiger partial charge in [-0.1, -0.05) is 13.3 Å². The number of anilines is 3. The van der Waals surface area contributed by atoms with E-state index < -0.39 is 0 Å². The first-order valence-electron chi connectivity index (χ1n) is 5.19. The van der Waals surface area contributed by atoms with Gasteiger partial charge in [-0.15, -0.1) is 0 Å². The fourth-order valence-corrected chi connectivity index (χ4v) is 1.86. The van der Waals surface area contributed by atoms with Crippen LogP contribution in [-0.4, -0.2) is 12.6 Å². The Morgan fingerprint density at radius 3 is 3.07 bits per heavy atom. The van der Waals surface area contributed by atoms with Crippen molar-refractivity contribution in [3.63, 3.8) is 0 Å². The highest BCUT2D eigenvalue weighted by Crippen LogP contribution is 2.28. The predicted octanol–water partition coefficient (Wildman–Crippen LogP) is 2.27. The van der Waals surface area contributed by atoms with E-state index in [1.807, 2.05) is 18.2 Å². The maximum atomic E-state index is 5.71. The summed E-state index contributed by atoms with van der Waals surface area (Å²) in [6.45, 7) is 3.20. The lowest BCUT2D eigenvalue weighted by Crippen LogP contribution is -2.32. The van der Waals surface area contributed by atoms with E-state index in [0.29, 0.717) is 6.04 Å². The van der Waals surface area contributed by atoms with Crippen LogP contribution in [0.2, 0.25) is 0 Å². The Morgan fingerprint density at radius 1 is 1.43 bits per heavy atom. The Hall–Kier alpha value is -1.38. The average Bonchev–Trinajstić information content (AvgIpc) is 2.19. The first-order valence-corrected chi connectivity index (χ1v) is 5.19. The molecule has 1 aromatic carbocycles. The monoisotopic (exact) mass is 191 g/mol. The molecule has 0 radical (unpaired) electrons. The number of rotatable bonds is 2. The van der Waals surface area contributed by atoms with Crippen LogP contribution in [0.3, 0.4) is 0 Å². The fraction of sp³-hybridized carbons (Fsp3) is 0.455. The highest BCUT2D eigenvalue weighted by molar-refractivity contribution is 5.75. The number of nitrogens with one attached hydrogen (secondary N) is 2. The molecule has 3 heteroatoms. The average molecular weight is 191 g/mol. The minimum absolute atomic E-state index is 0.552. The quantitative estimate of drug-likeness (QED) is 0.628. The Bertz CT molecular complexity index is 322. The molecule has 0 saturated carbocycles. The summed E-state index contributed by atoms with van der Waals surface area (Å²) in [7, 11) is 0. The largest absolute Gasteiger partial charge is 0.399 e. The van der Waals surface area contributed by atoms with E-state index in [-0.39, 0.29) is 0 Å². The summed E-state index contributed by atoms with van der Waals surface area (Å²) >= 11 is 0. The van der Waals surface area contributed by atoms with Gasteiger partial charge in [0.2, 0.25) is 0 Å². The summed E-state index contributed by atoms with van der Waals surface area (Å²) < 4.78 is 0. The van der Waals surface area contributed by atoms with Gasteiger partial charge in [0.1, 0.15) is 0 Å². The van der Waals surface area contributed by atoms with E-state index in [4.69, 9.17) is 5.73 Å². The molecule has 0 fully saturated rings. The van der Waals surface area contributed by atoms with Crippen molar-refractivity contribution < 1.29 is 0 Å². The van der Waals surface area contributed by atoms with Crippen molar-refractivity contribution in [1.82, 2.24) is 0 Å². The Labute approximate surface area is 84.7 Å². The van der Waals surface area contributed by atoms with Gasteiger partial charge in [0.15, 0.2) is 0 Å². The molecule has 4 N–H and O–H groups in total. The number of nitrogen functional groups attached to an aromatic ring is 1. The maximum Gasteiger partial charge on any atom is 0.0597 e. The van der Waals surface area contributed by atoms with Crippen LogP contribution in [0, 0.1) is 0 Å². The van der Waals surface area contributed by atoms with Crippen LogP contribution in [0.25, 0.3) is 0 Å². The van der Waals surface area contributed by atoms with Gasteiger partial charge in [0.05, 0.1) is 11.4 Å². The lowest BCUT2D eigenvalue weighted by atomic mass is 10.1. The topological polar surface area (TPSA) is 50.1 Å². The maximum absolute atomic E-state index is 5.71. The Morgan fingerprint density at radius 2 is 2.29 bits per heavy atom. The van der Waals surface area contributed by atoms with Gasteiger partial charge in [-0.3, -0.25) is 0 Å². The van der Waals surface area contributed by atoms with Gasteiger partial charge in [-0.2, -0.15) is 0 Å². The van der Waals surface area contributed by atoms with Crippen molar-refractivity contribution in [3.8, 4) is 0 Å². The molecule has 2 rings (SSSR count). The molecule has 0 spiro atoms. The molecular formula is C11H17N3. The molecule has 1 atom stereocenters. The van der Waals surface area contributed by atoms with Gasteiger partial charge in [0.25, 0.3) is 0 Å². The standard InChI is InChI=1S/C11H17N3/c1-2-3-9-7-13-11-6-8(12)4-5-10(11)14-9/h4-6,9,13-14H,2-3,7,12H2,1H3. The number of fused-ring (bicyclic) bond motifs is 1. The number of nitrogens with two attached hydrogens (primary N) is 1. The highest BCUT2D eigenvalue weighted by Gasteiger charge is 2.15. The minimum Gasteiger partial charge on any atom is -0.399 e. The second kappa shape index (κ2) is 3.78. The van der Waals surface area contributed by atoms with E-state index in [1.165, 1.54) is 18.5 Å². The molecule has 0 amide bonds. The van der Waals surface area contributed by atoms with Crippen LogP contribution in [0.4, 0.5) is 17.1 Å². The molecule has 1 aromatic rings. The van der Waals surface area contributed by atoms with Crippen molar-refractivity contribution in [2.24, 2.45) is 0 Å². The van der Waals surface area contributed by atoms with Gasteiger partial charge in [-0.25, -0.2) is 0 Å². The molecule has 3 nitrogen and oxygen atoms in total. The second-order valence-electron chi connectivity index (χ2n) is 3.82. The van der Waals surface area contributed by atoms with Crippen molar-refractivity contribution in [2.75, 3.05) is 22.9 Å². The zero-order valence-corrected chi connectivity index (χ0v) is 8.51. The molecule has 0 aliphatic carbocycles. The highest BCUT2D eigenvalue weighted by atomic mass is 15.1. The van der Waals surface area contributed by atoms with Crippen LogP contribution in [0.15, 0.2) is 18.2 Å². The molecule has 0 saturated heterocycles. The lowest BCUT2D eigenvalue weighted by Gasteiger charge is -2.28. The SMILES string of the molecule is CCCC1CNc2cc(N)ccc2N1. The third kappa shape index (κ3) is 1.76. The van der Waals surface area contributed by atoms with Crippen LogP contribution in [-0.2, 0) is 0 Å². The van der Waals surface area contributed by atoms with Gasteiger partial charge >= 0.3 is 0 Å². The Balaban J connectivity index is 2.15. The summed E-state index contributed by atoms with van der Waals surface area (Å²) in [6, 6.07) is 6.50. The molecule has 1 unspecified atom stereocenters. The third-order valence-electron chi connectivity index (χ3n) is 2.58. The normalized spacial score (nSPS) is 19.4. The van der Waals surface area contributed by atoms with Crippen molar-refractivity contribution in [3.05, 3.63) is 18.2 Å². The summed E-state index contributed by atoms with van der Waals surface area (Å²) in [5.74, 6) is 0. The smallest absolute Gasteiger partial charge is 0.0597 e. The molecular weight excluding hydrogens is 174 g/mol. The lowest BCUT2D eigenvalue weighted by molar-refractivity contribution is 0.655. The molecule has 0 bridgehead atoms. The van der Waals surface area contributed by atoms with Gasteiger partial charge in [0, 0.05) is 18.3 Å². The number of benzene rings is 1. The molecule has 14 heavy (non-hydrogen) atoms. The van der Waals surface area contributed by atoms with E-state index in [9.17, 15) is 0 Å². The summed E-state index contributed by atoms with van der Waals surface area (Å²) in [4.78, 5) is 0. The molecule has 0 aromatic heterocycles. The number of hydrogen-bond donors (Lipinski definition) is 3. The number of hydrogen-bond acceptors (Lipinski definition) is 3. The summed E-state index contributed by atoms with van der Waals surface area (Å²) in [5.41, 5.74) is 8.81. The van der Waals surface area contributed by atoms with Crippen molar-refractivity contribution in [2.45, 2.75) is 25.8 Å². The van der Waals surface area contributed by atoms with Gasteiger partial charge in [-0.05, 0) is 24.6 Å². The Kier molecular flexibility index (Phi) is 2.48. The van der Waals surface area contributed by atoms with Crippen LogP contribution >= 0.6 is 0 Å². The molecule has 1 aliphatic rings. The molecule has 1 heterocycles. The van der Waals surface area contributed by atoms with E-state index in [2.05, 4.69) is 17.6 Å². The van der Waals surface area contributed by atoms with Crippen molar-refractivity contribution >= 4 is 17.1 Å². The first kappa shape index (κ1) is 9.19. The summed E-state index contributed by atoms with van der Waals surface area (Å²) in [5, 5.41) is 6.90. The predicted molar refractivity (Wildman–Crippen MR) is 61.7 cm³/mol. The fourth-order valence-electron chi connectivity index (χ4n) is 1.86. The van der Waals surface area contributed by atoms with Crippen LogP contribution < -0.4 is 16.4 Å². The van der Waals surface area contributed by atoms with Crippen molar-refractivity contribution in [1.29, 1.82) is 0 Å². The zero-order chi connectivity index (χ0) is 9.97. The zero-order valence-electron chi connectivity index (χ0n) is 8.51. The minimum atomic E-state index is 0.552. The molecule has 1 aliphatic heterocycles. The van der Waals surface area contributed by atoms with Gasteiger partial charge < -0.3 is 16.4 Å². The third-order valence-corrected chi connectivity index (χ3v) is 2.58. The summed E-state index contributed by atoms with van der Waals surface area (Å²) in [6.07, 6.45) is 2.42. The second-order valence-corrected chi connectivity index (χ2v) is 3.82. The van der Waals surface area contributed by atoms with Crippen LogP contribution in [0.1, 0.15) is 19.8 Å². The van der Waals surface area contributed by atoms with E-state index in [1.54, 1.807) is 0 Å².